The smallest absolute Gasteiger partial charge is 0.412 e. The molecule has 22 heavy (non-hydrogen) atoms. The molecule has 5 heteroatoms. The minimum Gasteiger partial charge on any atom is -0.464 e. The second-order valence-electron chi connectivity index (χ2n) is 5.60. The number of nitrogens with one attached hydrogen (secondary N) is 1. The van der Waals surface area contributed by atoms with Gasteiger partial charge in [0.25, 0.3) is 0 Å². The van der Waals surface area contributed by atoms with Crippen LogP contribution in [0.2, 0.25) is 0 Å². The van der Waals surface area contributed by atoms with E-state index in [1.807, 2.05) is 30.3 Å². The van der Waals surface area contributed by atoms with Gasteiger partial charge in [-0.3, -0.25) is 5.32 Å². The first-order chi connectivity index (χ1) is 10.6. The summed E-state index contributed by atoms with van der Waals surface area (Å²) >= 11 is 0. The number of amides is 1. The Morgan fingerprint density at radius 2 is 1.95 bits per heavy atom. The summed E-state index contributed by atoms with van der Waals surface area (Å²) in [5, 5.41) is 2.48. The zero-order chi connectivity index (χ0) is 15.9. The van der Waals surface area contributed by atoms with Crippen molar-refractivity contribution in [3.63, 3.8) is 0 Å². The fourth-order valence-corrected chi connectivity index (χ4v) is 2.48. The highest BCUT2D eigenvalue weighted by atomic mass is 16.6. The number of ether oxygens (including phenoxy) is 2. The number of rotatable bonds is 5. The van der Waals surface area contributed by atoms with Crippen LogP contribution in [0, 0.1) is 11.8 Å². The molecule has 1 saturated carbocycles. The molecule has 1 N–H and O–H groups in total. The summed E-state index contributed by atoms with van der Waals surface area (Å²) in [6.07, 6.45) is 3.13. The molecule has 0 atom stereocenters. The van der Waals surface area contributed by atoms with Crippen LogP contribution in [0.5, 0.6) is 0 Å². The maximum absolute atomic E-state index is 11.8. The lowest BCUT2D eigenvalue weighted by atomic mass is 9.76. The van der Waals surface area contributed by atoms with Gasteiger partial charge in [0.15, 0.2) is 0 Å². The van der Waals surface area contributed by atoms with E-state index in [1.54, 1.807) is 6.08 Å². The highest BCUT2D eigenvalue weighted by Crippen LogP contribution is 2.34. The largest absolute Gasteiger partial charge is 0.464 e. The Morgan fingerprint density at radius 3 is 2.55 bits per heavy atom. The third-order valence-corrected chi connectivity index (χ3v) is 3.67. The van der Waals surface area contributed by atoms with Gasteiger partial charge < -0.3 is 9.47 Å². The van der Waals surface area contributed by atoms with E-state index < -0.39 is 12.1 Å². The molecule has 1 aromatic carbocycles. The molecule has 0 bridgehead atoms. The predicted octanol–water partition coefficient (Wildman–Crippen LogP) is 3.02. The molecule has 0 unspecified atom stereocenters. The maximum Gasteiger partial charge on any atom is 0.412 e. The van der Waals surface area contributed by atoms with Gasteiger partial charge in [-0.15, -0.1) is 0 Å². The molecule has 0 spiro atoms. The Morgan fingerprint density at radius 1 is 1.27 bits per heavy atom. The Kier molecular flexibility index (Phi) is 5.58. The highest BCUT2D eigenvalue weighted by molar-refractivity contribution is 5.92. The lowest BCUT2D eigenvalue weighted by Crippen LogP contribution is -2.30. The van der Waals surface area contributed by atoms with Crippen molar-refractivity contribution in [1.82, 2.24) is 5.32 Å². The third-order valence-electron chi connectivity index (χ3n) is 3.67. The summed E-state index contributed by atoms with van der Waals surface area (Å²) in [6, 6.07) is 9.35. The van der Waals surface area contributed by atoms with Crippen LogP contribution < -0.4 is 5.32 Å². The maximum atomic E-state index is 11.8. The minimum atomic E-state index is -0.659. The summed E-state index contributed by atoms with van der Waals surface area (Å²) in [7, 11) is 1.29. The van der Waals surface area contributed by atoms with Gasteiger partial charge in [-0.05, 0) is 30.2 Å². The van der Waals surface area contributed by atoms with E-state index in [2.05, 4.69) is 12.2 Å². The van der Waals surface area contributed by atoms with E-state index in [-0.39, 0.29) is 12.3 Å². The minimum absolute atomic E-state index is 0.150. The SMILES string of the molecule is COC(=O)C(=C[C@H]1C[C@H](C)C1)NC(=O)OCc1ccccc1. The second-order valence-corrected chi connectivity index (χ2v) is 5.60. The van der Waals surface area contributed by atoms with Crippen LogP contribution >= 0.6 is 0 Å². The van der Waals surface area contributed by atoms with Crippen LogP contribution in [0.25, 0.3) is 0 Å². The van der Waals surface area contributed by atoms with Gasteiger partial charge in [-0.2, -0.15) is 0 Å². The molecular formula is C17H21NO4. The zero-order valence-electron chi connectivity index (χ0n) is 12.9. The molecule has 5 nitrogen and oxygen atoms in total. The van der Waals surface area contributed by atoms with E-state index in [0.717, 1.165) is 18.4 Å². The van der Waals surface area contributed by atoms with Crippen LogP contribution in [-0.2, 0) is 20.9 Å². The number of carbonyl (C=O) groups excluding carboxylic acids is 2. The van der Waals surface area contributed by atoms with Gasteiger partial charge in [0.05, 0.1) is 7.11 Å². The Labute approximate surface area is 130 Å². The van der Waals surface area contributed by atoms with Gasteiger partial charge in [0.1, 0.15) is 12.3 Å². The molecule has 2 rings (SSSR count). The number of alkyl carbamates (subject to hydrolysis) is 1. The van der Waals surface area contributed by atoms with E-state index in [4.69, 9.17) is 9.47 Å². The van der Waals surface area contributed by atoms with Crippen molar-refractivity contribution in [3.05, 3.63) is 47.7 Å². The van der Waals surface area contributed by atoms with E-state index in [9.17, 15) is 9.59 Å². The first kappa shape index (κ1) is 16.1. The van der Waals surface area contributed by atoms with E-state index >= 15 is 0 Å². The standard InChI is InChI=1S/C17H21NO4/c1-12-8-14(9-12)10-15(16(19)21-2)18-17(20)22-11-13-6-4-3-5-7-13/h3-7,10,12,14H,8-9,11H2,1-2H3,(H,18,20)/t12-,14-. The van der Waals surface area contributed by atoms with Gasteiger partial charge in [-0.1, -0.05) is 43.3 Å². The van der Waals surface area contributed by atoms with Gasteiger partial charge in [-0.25, -0.2) is 9.59 Å². The number of carbonyl (C=O) groups is 2. The number of methoxy groups -OCH3 is 1. The molecule has 1 aliphatic rings. The van der Waals surface area contributed by atoms with Crippen molar-refractivity contribution in [3.8, 4) is 0 Å². The van der Waals surface area contributed by atoms with Crippen LogP contribution in [0.15, 0.2) is 42.1 Å². The summed E-state index contributed by atoms with van der Waals surface area (Å²) in [5.41, 5.74) is 1.03. The third kappa shape index (κ3) is 4.62. The second kappa shape index (κ2) is 7.64. The first-order valence-electron chi connectivity index (χ1n) is 7.36. The van der Waals surface area contributed by atoms with Crippen molar-refractivity contribution >= 4 is 12.1 Å². The number of hydrogen-bond donors (Lipinski definition) is 1. The average molecular weight is 303 g/mol. The summed E-state index contributed by atoms with van der Waals surface area (Å²) in [5.74, 6) is 0.403. The molecule has 1 amide bonds. The van der Waals surface area contributed by atoms with E-state index in [1.165, 1.54) is 7.11 Å². The molecule has 1 aromatic rings. The number of benzene rings is 1. The first-order valence-corrected chi connectivity index (χ1v) is 7.36. The normalized spacial score (nSPS) is 20.7. The monoisotopic (exact) mass is 303 g/mol. The molecule has 1 fully saturated rings. The fraction of sp³-hybridized carbons (Fsp3) is 0.412. The predicted molar refractivity (Wildman–Crippen MR) is 81.7 cm³/mol. The number of hydrogen-bond acceptors (Lipinski definition) is 4. The Hall–Kier alpha value is -2.30. The van der Waals surface area contributed by atoms with Crippen molar-refractivity contribution in [2.45, 2.75) is 26.4 Å². The molecule has 0 saturated heterocycles. The Balaban J connectivity index is 1.89. The fourth-order valence-electron chi connectivity index (χ4n) is 2.48. The van der Waals surface area contributed by atoms with Crippen molar-refractivity contribution in [2.75, 3.05) is 7.11 Å². The summed E-state index contributed by atoms with van der Waals surface area (Å²) < 4.78 is 9.80. The average Bonchev–Trinajstić information content (AvgIpc) is 2.50. The number of allylic oxidation sites excluding steroid dienone is 1. The molecule has 0 aromatic heterocycles. The van der Waals surface area contributed by atoms with Gasteiger partial charge >= 0.3 is 12.1 Å². The quantitative estimate of drug-likeness (QED) is 0.671. The van der Waals surface area contributed by atoms with Crippen LogP contribution in [0.3, 0.4) is 0 Å². The summed E-state index contributed by atoms with van der Waals surface area (Å²) in [6.45, 7) is 2.31. The van der Waals surface area contributed by atoms with Crippen LogP contribution in [0.1, 0.15) is 25.3 Å². The molecule has 0 aliphatic heterocycles. The van der Waals surface area contributed by atoms with Gasteiger partial charge in [0.2, 0.25) is 0 Å². The van der Waals surface area contributed by atoms with Gasteiger partial charge in [0, 0.05) is 0 Å². The molecular weight excluding hydrogens is 282 g/mol. The number of esters is 1. The highest BCUT2D eigenvalue weighted by Gasteiger charge is 2.26. The molecule has 1 aliphatic carbocycles. The summed E-state index contributed by atoms with van der Waals surface area (Å²) in [4.78, 5) is 23.5. The van der Waals surface area contributed by atoms with E-state index in [0.29, 0.717) is 11.8 Å². The molecule has 0 radical (unpaired) electrons. The van der Waals surface area contributed by atoms with Crippen molar-refractivity contribution in [1.29, 1.82) is 0 Å². The van der Waals surface area contributed by atoms with Crippen LogP contribution in [0.4, 0.5) is 4.79 Å². The zero-order valence-corrected chi connectivity index (χ0v) is 12.9. The lowest BCUT2D eigenvalue weighted by molar-refractivity contribution is -0.136. The Bertz CT molecular complexity index is 547. The van der Waals surface area contributed by atoms with Crippen molar-refractivity contribution in [2.24, 2.45) is 11.8 Å². The lowest BCUT2D eigenvalue weighted by Gasteiger charge is -2.30. The topological polar surface area (TPSA) is 64.6 Å². The molecule has 0 heterocycles. The van der Waals surface area contributed by atoms with Crippen molar-refractivity contribution < 1.29 is 19.1 Å². The molecule has 118 valence electrons. The van der Waals surface area contributed by atoms with Crippen LogP contribution in [-0.4, -0.2) is 19.2 Å².